The number of likely N-dealkylation sites (N-methyl/N-ethyl adjacent to an activating group) is 1. The van der Waals surface area contributed by atoms with Gasteiger partial charge < -0.3 is 14.9 Å². The molecule has 0 aromatic rings. The second-order valence-corrected chi connectivity index (χ2v) is 6.51. The largest absolute Gasteiger partial charge is 0.480 e. The third-order valence-corrected chi connectivity index (χ3v) is 3.92. The third kappa shape index (κ3) is 4.73. The molecule has 1 atom stereocenters. The minimum absolute atomic E-state index is 0.169. The van der Waals surface area contributed by atoms with Crippen LogP contribution in [0.3, 0.4) is 0 Å². The zero-order valence-corrected chi connectivity index (χ0v) is 12.5. The molecule has 1 unspecified atom stereocenters. The number of carbonyl (C=O) groups excluding carboxylic acids is 1. The lowest BCUT2D eigenvalue weighted by atomic mass is 9.77. The van der Waals surface area contributed by atoms with Crippen LogP contribution in [0, 0.1) is 11.3 Å². The summed E-state index contributed by atoms with van der Waals surface area (Å²) in [4.78, 5) is 25.8. The summed E-state index contributed by atoms with van der Waals surface area (Å²) in [6.45, 7) is 7.95. The molecule has 110 valence electrons. The second-order valence-electron chi connectivity index (χ2n) is 6.51. The first-order valence-corrected chi connectivity index (χ1v) is 6.93. The lowest BCUT2D eigenvalue weighted by Crippen LogP contribution is -2.43. The van der Waals surface area contributed by atoms with Crippen LogP contribution in [0.2, 0.25) is 0 Å². The summed E-state index contributed by atoms with van der Waals surface area (Å²) in [5.41, 5.74) is 0.270. The number of likely N-dealkylation sites (tertiary alicyclic amines) is 1. The molecule has 5 heteroatoms. The number of hydrogen-bond acceptors (Lipinski definition) is 2. The molecule has 1 saturated heterocycles. The standard InChI is InChI=1S/C14H26N2O3/c1-14(2,3)11-6-5-8-16(9-7-11)13(19)15(4)10-12(17)18/h11H,5-10H2,1-4H3,(H,17,18). The average molecular weight is 270 g/mol. The zero-order chi connectivity index (χ0) is 14.6. The van der Waals surface area contributed by atoms with Gasteiger partial charge in [0.25, 0.3) is 0 Å². The Balaban J connectivity index is 2.57. The van der Waals surface area contributed by atoms with Crippen LogP contribution >= 0.6 is 0 Å². The van der Waals surface area contributed by atoms with Gasteiger partial charge in [0.1, 0.15) is 6.54 Å². The van der Waals surface area contributed by atoms with Crippen molar-refractivity contribution in [2.45, 2.75) is 40.0 Å². The van der Waals surface area contributed by atoms with Crippen molar-refractivity contribution < 1.29 is 14.7 Å². The zero-order valence-electron chi connectivity index (χ0n) is 12.5. The molecule has 0 saturated carbocycles. The molecule has 0 spiro atoms. The average Bonchev–Trinajstić information content (AvgIpc) is 2.51. The highest BCUT2D eigenvalue weighted by atomic mass is 16.4. The van der Waals surface area contributed by atoms with Crippen molar-refractivity contribution in [3.05, 3.63) is 0 Å². The Hall–Kier alpha value is -1.26. The van der Waals surface area contributed by atoms with E-state index in [9.17, 15) is 9.59 Å². The lowest BCUT2D eigenvalue weighted by molar-refractivity contribution is -0.137. The minimum atomic E-state index is -0.974. The maximum Gasteiger partial charge on any atom is 0.323 e. The van der Waals surface area contributed by atoms with E-state index in [-0.39, 0.29) is 18.0 Å². The van der Waals surface area contributed by atoms with Crippen LogP contribution in [0.1, 0.15) is 40.0 Å². The molecule has 1 fully saturated rings. The van der Waals surface area contributed by atoms with E-state index in [4.69, 9.17) is 5.11 Å². The summed E-state index contributed by atoms with van der Waals surface area (Å²) in [6, 6.07) is -0.169. The van der Waals surface area contributed by atoms with Gasteiger partial charge in [0.2, 0.25) is 0 Å². The van der Waals surface area contributed by atoms with E-state index >= 15 is 0 Å². The molecule has 1 rings (SSSR count). The molecule has 5 nitrogen and oxygen atoms in total. The van der Waals surface area contributed by atoms with E-state index in [1.807, 2.05) is 0 Å². The fourth-order valence-corrected chi connectivity index (χ4v) is 2.67. The van der Waals surface area contributed by atoms with Crippen molar-refractivity contribution in [1.82, 2.24) is 9.80 Å². The van der Waals surface area contributed by atoms with Crippen LogP contribution in [0.15, 0.2) is 0 Å². The number of hydrogen-bond donors (Lipinski definition) is 1. The second kappa shape index (κ2) is 6.26. The van der Waals surface area contributed by atoms with Crippen LogP contribution < -0.4 is 0 Å². The molecule has 1 aliphatic heterocycles. The van der Waals surface area contributed by atoms with Gasteiger partial charge >= 0.3 is 12.0 Å². The van der Waals surface area contributed by atoms with Gasteiger partial charge in [-0.3, -0.25) is 4.79 Å². The molecule has 2 amide bonds. The fourth-order valence-electron chi connectivity index (χ4n) is 2.67. The van der Waals surface area contributed by atoms with Crippen LogP contribution in [0.25, 0.3) is 0 Å². The van der Waals surface area contributed by atoms with E-state index in [2.05, 4.69) is 20.8 Å². The molecule has 1 N–H and O–H groups in total. The maximum atomic E-state index is 12.1. The van der Waals surface area contributed by atoms with Crippen LogP contribution in [-0.2, 0) is 4.79 Å². The SMILES string of the molecule is CN(CC(=O)O)C(=O)N1CCCC(C(C)(C)C)CC1. The normalized spacial score (nSPS) is 20.8. The van der Waals surface area contributed by atoms with Gasteiger partial charge in [-0.15, -0.1) is 0 Å². The Morgan fingerprint density at radius 1 is 1.26 bits per heavy atom. The van der Waals surface area contributed by atoms with E-state index in [0.717, 1.165) is 32.4 Å². The summed E-state index contributed by atoms with van der Waals surface area (Å²) >= 11 is 0. The number of aliphatic carboxylic acids is 1. The Morgan fingerprint density at radius 3 is 2.42 bits per heavy atom. The fraction of sp³-hybridized carbons (Fsp3) is 0.857. The number of carboxylic acid groups (broad SMARTS) is 1. The number of rotatable bonds is 2. The van der Waals surface area contributed by atoms with Crippen molar-refractivity contribution in [2.24, 2.45) is 11.3 Å². The number of nitrogens with zero attached hydrogens (tertiary/aromatic N) is 2. The third-order valence-electron chi connectivity index (χ3n) is 3.92. The minimum Gasteiger partial charge on any atom is -0.480 e. The number of amides is 2. The van der Waals surface area contributed by atoms with Crippen LogP contribution in [-0.4, -0.2) is 53.6 Å². The molecule has 19 heavy (non-hydrogen) atoms. The summed E-state index contributed by atoms with van der Waals surface area (Å²) in [5, 5.41) is 8.72. The van der Waals surface area contributed by atoms with Crippen LogP contribution in [0.5, 0.6) is 0 Å². The molecular weight excluding hydrogens is 244 g/mol. The first kappa shape index (κ1) is 15.8. The molecule has 0 aromatic carbocycles. The van der Waals surface area contributed by atoms with Gasteiger partial charge in [-0.25, -0.2) is 4.79 Å². The van der Waals surface area contributed by atoms with Gasteiger partial charge in [0.15, 0.2) is 0 Å². The Kier molecular flexibility index (Phi) is 5.20. The quantitative estimate of drug-likeness (QED) is 0.837. The Morgan fingerprint density at radius 2 is 1.89 bits per heavy atom. The monoisotopic (exact) mass is 270 g/mol. The predicted octanol–water partition coefficient (Wildman–Crippen LogP) is 2.27. The molecular formula is C14H26N2O3. The smallest absolute Gasteiger partial charge is 0.323 e. The van der Waals surface area contributed by atoms with Gasteiger partial charge in [0, 0.05) is 20.1 Å². The molecule has 0 aliphatic carbocycles. The van der Waals surface area contributed by atoms with Crippen molar-refractivity contribution in [2.75, 3.05) is 26.7 Å². The van der Waals surface area contributed by atoms with Crippen molar-refractivity contribution >= 4 is 12.0 Å². The molecule has 0 radical (unpaired) electrons. The Labute approximate surface area is 115 Å². The maximum absolute atomic E-state index is 12.1. The molecule has 1 heterocycles. The highest BCUT2D eigenvalue weighted by molar-refractivity contribution is 5.79. The van der Waals surface area contributed by atoms with E-state index in [1.165, 1.54) is 4.90 Å². The van der Waals surface area contributed by atoms with Crippen molar-refractivity contribution in [1.29, 1.82) is 0 Å². The topological polar surface area (TPSA) is 60.9 Å². The summed E-state index contributed by atoms with van der Waals surface area (Å²) in [7, 11) is 1.54. The number of carbonyl (C=O) groups is 2. The molecule has 1 aliphatic rings. The summed E-state index contributed by atoms with van der Waals surface area (Å²) < 4.78 is 0. The molecule has 0 aromatic heterocycles. The van der Waals surface area contributed by atoms with E-state index in [0.29, 0.717) is 5.92 Å². The van der Waals surface area contributed by atoms with E-state index < -0.39 is 5.97 Å². The Bertz CT molecular complexity index is 336. The van der Waals surface area contributed by atoms with Gasteiger partial charge in [-0.05, 0) is 30.6 Å². The van der Waals surface area contributed by atoms with Gasteiger partial charge in [-0.2, -0.15) is 0 Å². The van der Waals surface area contributed by atoms with Gasteiger partial charge in [0.05, 0.1) is 0 Å². The van der Waals surface area contributed by atoms with Gasteiger partial charge in [-0.1, -0.05) is 20.8 Å². The molecule has 0 bridgehead atoms. The summed E-state index contributed by atoms with van der Waals surface area (Å²) in [6.07, 6.45) is 3.13. The lowest BCUT2D eigenvalue weighted by Gasteiger charge is -2.30. The highest BCUT2D eigenvalue weighted by Gasteiger charge is 2.29. The van der Waals surface area contributed by atoms with E-state index in [1.54, 1.807) is 11.9 Å². The predicted molar refractivity (Wildman–Crippen MR) is 74.0 cm³/mol. The first-order chi connectivity index (χ1) is 8.71. The number of urea groups is 1. The van der Waals surface area contributed by atoms with Crippen molar-refractivity contribution in [3.8, 4) is 0 Å². The highest BCUT2D eigenvalue weighted by Crippen LogP contribution is 2.34. The first-order valence-electron chi connectivity index (χ1n) is 6.93. The van der Waals surface area contributed by atoms with Crippen LogP contribution in [0.4, 0.5) is 4.79 Å². The summed E-state index contributed by atoms with van der Waals surface area (Å²) in [5.74, 6) is -0.353. The number of carboxylic acids is 1. The van der Waals surface area contributed by atoms with Crippen molar-refractivity contribution in [3.63, 3.8) is 0 Å².